The Labute approximate surface area is 399 Å². The molecular formula is C62H36N2O2S2. The van der Waals surface area contributed by atoms with Crippen LogP contribution in [0.3, 0.4) is 0 Å². The van der Waals surface area contributed by atoms with Crippen LogP contribution in [0.15, 0.2) is 218 Å². The predicted molar refractivity (Wildman–Crippen MR) is 288 cm³/mol. The minimum atomic E-state index is 0.830. The molecule has 0 saturated heterocycles. The van der Waals surface area contributed by atoms with Crippen molar-refractivity contribution in [1.82, 2.24) is 0 Å². The van der Waals surface area contributed by atoms with Gasteiger partial charge in [-0.2, -0.15) is 0 Å². The summed E-state index contributed by atoms with van der Waals surface area (Å²) in [6.07, 6.45) is 0. The molecule has 4 heterocycles. The minimum Gasteiger partial charge on any atom is -0.453 e. The fraction of sp³-hybridized carbons (Fsp3) is 0. The molecule has 13 aromatic rings. The number of nitrogens with zero attached hydrogens (tertiary/aromatic N) is 2. The van der Waals surface area contributed by atoms with Crippen molar-refractivity contribution >= 4 is 119 Å². The quantitative estimate of drug-likeness (QED) is 0.164. The number of anilines is 6. The van der Waals surface area contributed by atoms with E-state index in [0.717, 1.165) is 57.1 Å². The maximum atomic E-state index is 6.54. The van der Waals surface area contributed by atoms with Crippen molar-refractivity contribution < 1.29 is 9.47 Å². The molecule has 2 aromatic heterocycles. The third-order valence-corrected chi connectivity index (χ3v) is 16.3. The number of rotatable bonds is 4. The minimum absolute atomic E-state index is 0.830. The van der Waals surface area contributed by atoms with Crippen molar-refractivity contribution in [2.24, 2.45) is 0 Å². The second kappa shape index (κ2) is 14.5. The van der Waals surface area contributed by atoms with Gasteiger partial charge in [-0.25, -0.2) is 0 Å². The lowest BCUT2D eigenvalue weighted by atomic mass is 9.84. The summed E-state index contributed by atoms with van der Waals surface area (Å²) in [6, 6.07) is 79.1. The van der Waals surface area contributed by atoms with Crippen molar-refractivity contribution in [3.05, 3.63) is 218 Å². The molecule has 4 nitrogen and oxygen atoms in total. The summed E-state index contributed by atoms with van der Waals surface area (Å²) in [5.41, 5.74) is 11.0. The fourth-order valence-electron chi connectivity index (χ4n) is 10.9. The van der Waals surface area contributed by atoms with Crippen LogP contribution in [0.5, 0.6) is 23.0 Å². The Morgan fingerprint density at radius 1 is 0.279 bits per heavy atom. The van der Waals surface area contributed by atoms with Gasteiger partial charge >= 0.3 is 0 Å². The Morgan fingerprint density at radius 3 is 1.04 bits per heavy atom. The Balaban J connectivity index is 1.11. The Kier molecular flexibility index (Phi) is 8.07. The van der Waals surface area contributed by atoms with Crippen molar-refractivity contribution in [2.75, 3.05) is 9.80 Å². The van der Waals surface area contributed by atoms with E-state index in [9.17, 15) is 0 Å². The van der Waals surface area contributed by atoms with Crippen LogP contribution in [0, 0.1) is 0 Å². The zero-order valence-electron chi connectivity index (χ0n) is 36.3. The van der Waals surface area contributed by atoms with Gasteiger partial charge in [0.05, 0.1) is 22.7 Å². The number of thiophene rings is 2. The van der Waals surface area contributed by atoms with Crippen LogP contribution >= 0.6 is 22.7 Å². The number of para-hydroxylation sites is 8. The first kappa shape index (κ1) is 37.8. The molecule has 0 amide bonds. The smallest absolute Gasteiger partial charge is 0.151 e. The number of benzene rings is 11. The van der Waals surface area contributed by atoms with E-state index in [1.807, 2.05) is 46.9 Å². The van der Waals surface area contributed by atoms with E-state index in [1.165, 1.54) is 84.1 Å². The average molecular weight is 905 g/mol. The van der Waals surface area contributed by atoms with E-state index in [0.29, 0.717) is 0 Å². The van der Waals surface area contributed by atoms with Gasteiger partial charge in [0.2, 0.25) is 0 Å². The van der Waals surface area contributed by atoms with Gasteiger partial charge in [0.25, 0.3) is 0 Å². The number of hydrogen-bond acceptors (Lipinski definition) is 6. The summed E-state index contributed by atoms with van der Waals surface area (Å²) in [7, 11) is 0. The highest BCUT2D eigenvalue weighted by molar-refractivity contribution is 7.26. The Hall–Kier alpha value is -8.42. The van der Waals surface area contributed by atoms with Gasteiger partial charge in [-0.15, -0.1) is 22.7 Å². The van der Waals surface area contributed by atoms with E-state index >= 15 is 0 Å². The molecule has 0 atom stereocenters. The molecule has 6 heteroatoms. The summed E-state index contributed by atoms with van der Waals surface area (Å²) in [6.45, 7) is 0. The van der Waals surface area contributed by atoms with E-state index < -0.39 is 0 Å². The molecule has 0 aliphatic carbocycles. The first-order valence-electron chi connectivity index (χ1n) is 22.9. The molecule has 0 spiro atoms. The molecular weight excluding hydrogens is 869 g/mol. The standard InChI is InChI=1S/C62H36N2O2S2/c1-11-29-57-39(15-1)43-17-13-19-45(61(43)67-57)59-41-33-31-38(64-51-23-5-9-27-55(51)66-56-28-10-6-24-52(56)64)36-48(41)60(46-20-14-18-44-40-16-2-12-30-58(40)68-62(44)46)42-34-32-37(35-47(42)59)63-49-21-3-7-25-53(49)65-54-26-8-4-22-50(54)63/h1-36H. The van der Waals surface area contributed by atoms with Crippen LogP contribution in [0.1, 0.15) is 0 Å². The van der Waals surface area contributed by atoms with E-state index in [2.05, 4.69) is 204 Å². The molecule has 318 valence electrons. The fourth-order valence-corrected chi connectivity index (χ4v) is 13.4. The molecule has 0 unspecified atom stereocenters. The van der Waals surface area contributed by atoms with Crippen molar-refractivity contribution in [3.8, 4) is 45.3 Å². The molecule has 0 fully saturated rings. The van der Waals surface area contributed by atoms with Gasteiger partial charge in [-0.3, -0.25) is 0 Å². The number of hydrogen-bond donors (Lipinski definition) is 0. The van der Waals surface area contributed by atoms with E-state index in [4.69, 9.17) is 9.47 Å². The summed E-state index contributed by atoms with van der Waals surface area (Å²) in [5, 5.41) is 9.86. The molecule has 15 rings (SSSR count). The highest BCUT2D eigenvalue weighted by atomic mass is 32.1. The molecule has 0 N–H and O–H groups in total. The van der Waals surface area contributed by atoms with Crippen LogP contribution in [0.4, 0.5) is 34.1 Å². The van der Waals surface area contributed by atoms with Crippen LogP contribution in [0.2, 0.25) is 0 Å². The highest BCUT2D eigenvalue weighted by Gasteiger charge is 2.30. The third kappa shape index (κ3) is 5.47. The molecule has 0 saturated carbocycles. The lowest BCUT2D eigenvalue weighted by Gasteiger charge is -2.33. The molecule has 2 aliphatic rings. The van der Waals surface area contributed by atoms with Crippen molar-refractivity contribution in [2.45, 2.75) is 0 Å². The van der Waals surface area contributed by atoms with Gasteiger partial charge in [0.15, 0.2) is 23.0 Å². The lowest BCUT2D eigenvalue weighted by Crippen LogP contribution is -2.16. The van der Waals surface area contributed by atoms with Gasteiger partial charge < -0.3 is 19.3 Å². The summed E-state index contributed by atoms with van der Waals surface area (Å²) < 4.78 is 18.2. The van der Waals surface area contributed by atoms with Crippen molar-refractivity contribution in [1.29, 1.82) is 0 Å². The first-order chi connectivity index (χ1) is 33.7. The second-order valence-electron chi connectivity index (χ2n) is 17.5. The third-order valence-electron chi connectivity index (χ3n) is 13.8. The van der Waals surface area contributed by atoms with Gasteiger partial charge in [0.1, 0.15) is 0 Å². The number of ether oxygens (including phenoxy) is 2. The van der Waals surface area contributed by atoms with Crippen LogP contribution < -0.4 is 19.3 Å². The maximum absolute atomic E-state index is 6.54. The second-order valence-corrected chi connectivity index (χ2v) is 19.6. The van der Waals surface area contributed by atoms with E-state index in [1.54, 1.807) is 0 Å². The lowest BCUT2D eigenvalue weighted by molar-refractivity contribution is 0.477. The Bertz CT molecular complexity index is 3900. The topological polar surface area (TPSA) is 24.9 Å². The van der Waals surface area contributed by atoms with Crippen LogP contribution in [-0.2, 0) is 0 Å². The van der Waals surface area contributed by atoms with E-state index in [-0.39, 0.29) is 0 Å². The highest BCUT2D eigenvalue weighted by Crippen LogP contribution is 2.56. The summed E-state index contributed by atoms with van der Waals surface area (Å²) in [4.78, 5) is 4.73. The summed E-state index contributed by atoms with van der Waals surface area (Å²) >= 11 is 3.76. The van der Waals surface area contributed by atoms with Gasteiger partial charge in [-0.05, 0) is 118 Å². The summed E-state index contributed by atoms with van der Waals surface area (Å²) in [5.74, 6) is 3.32. The van der Waals surface area contributed by atoms with Gasteiger partial charge in [0, 0.05) is 62.8 Å². The zero-order valence-corrected chi connectivity index (χ0v) is 37.9. The average Bonchev–Trinajstić information content (AvgIpc) is 3.98. The maximum Gasteiger partial charge on any atom is 0.151 e. The van der Waals surface area contributed by atoms with Crippen LogP contribution in [-0.4, -0.2) is 0 Å². The first-order valence-corrected chi connectivity index (χ1v) is 24.5. The largest absolute Gasteiger partial charge is 0.453 e. The zero-order chi connectivity index (χ0) is 44.5. The van der Waals surface area contributed by atoms with Gasteiger partial charge in [-0.1, -0.05) is 133 Å². The molecule has 0 bridgehead atoms. The molecule has 68 heavy (non-hydrogen) atoms. The molecule has 2 aliphatic heterocycles. The SMILES string of the molecule is c1ccc2c(c1)Oc1ccccc1N2c1ccc2c(-c3cccc4c3sc3ccccc34)c3cc(N4c5ccccc5Oc5ccccc54)ccc3c(-c3cccc4c3sc3ccccc34)c2c1. The molecule has 11 aromatic carbocycles. The Morgan fingerprint density at radius 2 is 0.632 bits per heavy atom. The van der Waals surface area contributed by atoms with Crippen molar-refractivity contribution in [3.63, 3.8) is 0 Å². The monoisotopic (exact) mass is 904 g/mol. The number of fused-ring (bicyclic) bond motifs is 12. The van der Waals surface area contributed by atoms with Crippen LogP contribution in [0.25, 0.3) is 84.1 Å². The predicted octanol–water partition coefficient (Wildman–Crippen LogP) is 19.2. The molecule has 0 radical (unpaired) electrons. The normalized spacial score (nSPS) is 12.9.